The van der Waals surface area contributed by atoms with Crippen LogP contribution in [0.25, 0.3) is 0 Å². The van der Waals surface area contributed by atoms with Crippen LogP contribution in [0, 0.1) is 6.92 Å². The highest BCUT2D eigenvalue weighted by molar-refractivity contribution is 5.94. The van der Waals surface area contributed by atoms with Gasteiger partial charge in [-0.15, -0.1) is 0 Å². The number of nitrogens with zero attached hydrogens (tertiary/aromatic N) is 1. The van der Waals surface area contributed by atoms with E-state index in [4.69, 9.17) is 0 Å². The molecular formula is C26H37N3O2. The van der Waals surface area contributed by atoms with Crippen molar-refractivity contribution in [2.75, 3.05) is 18.4 Å². The zero-order chi connectivity index (χ0) is 22.5. The van der Waals surface area contributed by atoms with Crippen LogP contribution in [0.15, 0.2) is 54.6 Å². The van der Waals surface area contributed by atoms with Crippen LogP contribution in [0.5, 0.6) is 0 Å². The Labute approximate surface area is 187 Å². The molecule has 0 spiro atoms. The number of unbranched alkanes of at least 4 members (excludes halogenated alkanes) is 4. The number of nitrogens with one attached hydrogen (secondary N) is 2. The fourth-order valence-corrected chi connectivity index (χ4v) is 3.57. The van der Waals surface area contributed by atoms with Crippen LogP contribution < -0.4 is 10.6 Å². The summed E-state index contributed by atoms with van der Waals surface area (Å²) in [5, 5.41) is 5.78. The molecule has 2 aromatic rings. The van der Waals surface area contributed by atoms with E-state index in [9.17, 15) is 9.59 Å². The minimum Gasteiger partial charge on any atom is -0.341 e. The highest BCUT2D eigenvalue weighted by Crippen LogP contribution is 2.18. The summed E-state index contributed by atoms with van der Waals surface area (Å²) in [5.41, 5.74) is 2.56. The normalized spacial score (nSPS) is 11.6. The number of aryl methyl sites for hydroxylation is 1. The lowest BCUT2D eigenvalue weighted by atomic mass is 10.0. The first-order chi connectivity index (χ1) is 15.0. The van der Waals surface area contributed by atoms with Gasteiger partial charge in [-0.2, -0.15) is 0 Å². The molecular weight excluding hydrogens is 386 g/mol. The number of amides is 3. The molecule has 168 valence electrons. The third-order valence-electron chi connectivity index (χ3n) is 5.31. The summed E-state index contributed by atoms with van der Waals surface area (Å²) in [4.78, 5) is 28.2. The quantitative estimate of drug-likeness (QED) is 0.407. The zero-order valence-electron chi connectivity index (χ0n) is 19.2. The largest absolute Gasteiger partial charge is 0.341 e. The summed E-state index contributed by atoms with van der Waals surface area (Å²) in [6.07, 6.45) is 6.35. The third kappa shape index (κ3) is 8.44. The van der Waals surface area contributed by atoms with Gasteiger partial charge in [0.2, 0.25) is 5.91 Å². The lowest BCUT2D eigenvalue weighted by Gasteiger charge is -2.28. The van der Waals surface area contributed by atoms with Gasteiger partial charge in [0.1, 0.15) is 6.04 Å². The van der Waals surface area contributed by atoms with Crippen molar-refractivity contribution >= 4 is 17.6 Å². The number of rotatable bonds is 12. The summed E-state index contributed by atoms with van der Waals surface area (Å²) in [7, 11) is 0. The number of anilines is 1. The highest BCUT2D eigenvalue weighted by Gasteiger charge is 2.27. The van der Waals surface area contributed by atoms with Crippen LogP contribution >= 0.6 is 0 Å². The maximum atomic E-state index is 13.6. The van der Waals surface area contributed by atoms with Crippen molar-refractivity contribution in [3.8, 4) is 0 Å². The van der Waals surface area contributed by atoms with E-state index in [1.54, 1.807) is 0 Å². The van der Waals surface area contributed by atoms with Crippen LogP contribution in [-0.4, -0.2) is 29.9 Å². The van der Waals surface area contributed by atoms with E-state index in [2.05, 4.69) is 24.5 Å². The number of benzene rings is 2. The maximum absolute atomic E-state index is 13.6. The van der Waals surface area contributed by atoms with Gasteiger partial charge in [-0.25, -0.2) is 4.79 Å². The van der Waals surface area contributed by atoms with E-state index >= 15 is 0 Å². The number of urea groups is 1. The summed E-state index contributed by atoms with van der Waals surface area (Å²) < 4.78 is 0. The van der Waals surface area contributed by atoms with Gasteiger partial charge in [0, 0.05) is 18.8 Å². The van der Waals surface area contributed by atoms with E-state index in [0.717, 1.165) is 62.7 Å². The number of carbonyl (C=O) groups is 2. The Hall–Kier alpha value is -2.82. The molecule has 2 aromatic carbocycles. The second kappa shape index (κ2) is 13.5. The zero-order valence-corrected chi connectivity index (χ0v) is 19.2. The van der Waals surface area contributed by atoms with Crippen molar-refractivity contribution in [1.29, 1.82) is 0 Å². The fourth-order valence-electron chi connectivity index (χ4n) is 3.57. The second-order valence-corrected chi connectivity index (χ2v) is 8.05. The van der Waals surface area contributed by atoms with Crippen molar-refractivity contribution in [2.45, 2.75) is 65.3 Å². The second-order valence-electron chi connectivity index (χ2n) is 8.05. The Bertz CT molecular complexity index is 797. The van der Waals surface area contributed by atoms with Crippen LogP contribution in [0.3, 0.4) is 0 Å². The van der Waals surface area contributed by atoms with E-state index in [0.29, 0.717) is 5.69 Å². The summed E-state index contributed by atoms with van der Waals surface area (Å²) in [6.45, 7) is 7.74. The Morgan fingerprint density at radius 1 is 0.871 bits per heavy atom. The van der Waals surface area contributed by atoms with Gasteiger partial charge in [0.15, 0.2) is 0 Å². The Morgan fingerprint density at radius 2 is 1.52 bits per heavy atom. The molecule has 0 fully saturated rings. The van der Waals surface area contributed by atoms with Crippen molar-refractivity contribution in [3.63, 3.8) is 0 Å². The van der Waals surface area contributed by atoms with Gasteiger partial charge in [0.25, 0.3) is 0 Å². The first-order valence-corrected chi connectivity index (χ1v) is 11.5. The van der Waals surface area contributed by atoms with Gasteiger partial charge < -0.3 is 15.5 Å². The molecule has 0 aliphatic rings. The minimum absolute atomic E-state index is 0.0437. The standard InChI is InChI=1S/C26H37N3O2/c1-4-6-11-18-29(19-12-7-5-2)25(30)24(22-15-9-8-10-16-22)28-26(31)27-23-17-13-14-21(3)20-23/h8-10,13-17,20,24H,4-7,11-12,18-19H2,1-3H3,(H2,27,28,31)/t24-/m1/s1. The predicted molar refractivity (Wildman–Crippen MR) is 128 cm³/mol. The average molecular weight is 424 g/mol. The molecule has 2 rings (SSSR count). The van der Waals surface area contributed by atoms with E-state index in [1.807, 2.05) is 66.4 Å². The summed E-state index contributed by atoms with van der Waals surface area (Å²) >= 11 is 0. The molecule has 31 heavy (non-hydrogen) atoms. The van der Waals surface area contributed by atoms with E-state index < -0.39 is 6.04 Å². The lowest BCUT2D eigenvalue weighted by molar-refractivity contribution is -0.133. The fraction of sp³-hybridized carbons (Fsp3) is 0.462. The SMILES string of the molecule is CCCCCN(CCCCC)C(=O)[C@H](NC(=O)Nc1cccc(C)c1)c1ccccc1. The summed E-state index contributed by atoms with van der Waals surface area (Å²) in [5.74, 6) is -0.0437. The first kappa shape index (κ1) is 24.4. The molecule has 5 heteroatoms. The van der Waals surface area contributed by atoms with Gasteiger partial charge in [0.05, 0.1) is 0 Å². The molecule has 1 atom stereocenters. The van der Waals surface area contributed by atoms with Crippen LogP contribution in [0.2, 0.25) is 0 Å². The van der Waals surface area contributed by atoms with Crippen LogP contribution in [-0.2, 0) is 4.79 Å². The molecule has 0 radical (unpaired) electrons. The van der Waals surface area contributed by atoms with Crippen molar-refractivity contribution in [2.24, 2.45) is 0 Å². The van der Waals surface area contributed by atoms with E-state index in [1.165, 1.54) is 0 Å². The van der Waals surface area contributed by atoms with Gasteiger partial charge in [-0.1, -0.05) is 82.0 Å². The molecule has 3 amide bonds. The molecule has 0 saturated carbocycles. The molecule has 0 aliphatic carbocycles. The smallest absolute Gasteiger partial charge is 0.320 e. The molecule has 0 heterocycles. The van der Waals surface area contributed by atoms with Crippen molar-refractivity contribution in [1.82, 2.24) is 10.2 Å². The Morgan fingerprint density at radius 3 is 2.10 bits per heavy atom. The molecule has 2 N–H and O–H groups in total. The van der Waals surface area contributed by atoms with Crippen molar-refractivity contribution in [3.05, 3.63) is 65.7 Å². The third-order valence-corrected chi connectivity index (χ3v) is 5.31. The number of hydrogen-bond acceptors (Lipinski definition) is 2. The molecule has 5 nitrogen and oxygen atoms in total. The van der Waals surface area contributed by atoms with Gasteiger partial charge in [-0.05, 0) is 43.0 Å². The van der Waals surface area contributed by atoms with Gasteiger partial charge in [-0.3, -0.25) is 4.79 Å². The molecule has 0 aromatic heterocycles. The lowest BCUT2D eigenvalue weighted by Crippen LogP contribution is -2.45. The predicted octanol–water partition coefficient (Wildman–Crippen LogP) is 6.07. The topological polar surface area (TPSA) is 61.4 Å². The van der Waals surface area contributed by atoms with Gasteiger partial charge >= 0.3 is 6.03 Å². The number of carbonyl (C=O) groups excluding carboxylic acids is 2. The minimum atomic E-state index is -0.714. The maximum Gasteiger partial charge on any atom is 0.320 e. The van der Waals surface area contributed by atoms with Crippen LogP contribution in [0.1, 0.15) is 69.5 Å². The average Bonchev–Trinajstić information content (AvgIpc) is 2.77. The number of hydrogen-bond donors (Lipinski definition) is 2. The molecule has 0 unspecified atom stereocenters. The van der Waals surface area contributed by atoms with E-state index in [-0.39, 0.29) is 11.9 Å². The van der Waals surface area contributed by atoms with Crippen molar-refractivity contribution < 1.29 is 9.59 Å². The Balaban J connectivity index is 2.17. The molecule has 0 aliphatic heterocycles. The van der Waals surface area contributed by atoms with Crippen LogP contribution in [0.4, 0.5) is 10.5 Å². The summed E-state index contributed by atoms with van der Waals surface area (Å²) in [6, 6.07) is 16.0. The molecule has 0 bridgehead atoms. The molecule has 0 saturated heterocycles. The monoisotopic (exact) mass is 423 g/mol. The first-order valence-electron chi connectivity index (χ1n) is 11.5. The highest BCUT2D eigenvalue weighted by atomic mass is 16.2. The Kier molecular flexibility index (Phi) is 10.6.